The van der Waals surface area contributed by atoms with E-state index in [0.717, 1.165) is 6.20 Å². The summed E-state index contributed by atoms with van der Waals surface area (Å²) in [5, 5.41) is 5.52. The van der Waals surface area contributed by atoms with E-state index >= 15 is 0 Å². The summed E-state index contributed by atoms with van der Waals surface area (Å²) < 4.78 is 41.9. The van der Waals surface area contributed by atoms with Crippen LogP contribution in [0.1, 0.15) is 21.9 Å². The number of nitrogens with zero attached hydrogens (tertiary/aromatic N) is 3. The highest BCUT2D eigenvalue weighted by Crippen LogP contribution is 2.27. The molecular weight excluding hydrogens is 265 g/mol. The van der Waals surface area contributed by atoms with Gasteiger partial charge in [-0.1, -0.05) is 5.16 Å². The SMILES string of the molecule is Cc1cc(C(=O)Nc2nccc(C(F)(F)F)n2)no1. The van der Waals surface area contributed by atoms with Crippen molar-refractivity contribution in [2.45, 2.75) is 13.1 Å². The first-order valence-corrected chi connectivity index (χ1v) is 5.01. The molecule has 0 radical (unpaired) electrons. The average molecular weight is 272 g/mol. The summed E-state index contributed by atoms with van der Waals surface area (Å²) in [4.78, 5) is 18.3. The van der Waals surface area contributed by atoms with Crippen molar-refractivity contribution in [3.8, 4) is 0 Å². The van der Waals surface area contributed by atoms with E-state index < -0.39 is 23.7 Å². The normalized spacial score (nSPS) is 11.4. The van der Waals surface area contributed by atoms with E-state index in [1.165, 1.54) is 6.07 Å². The highest BCUT2D eigenvalue weighted by atomic mass is 19.4. The molecule has 2 aromatic rings. The number of anilines is 1. The van der Waals surface area contributed by atoms with Gasteiger partial charge in [0.05, 0.1) is 0 Å². The Hall–Kier alpha value is -2.45. The highest BCUT2D eigenvalue weighted by Gasteiger charge is 2.33. The summed E-state index contributed by atoms with van der Waals surface area (Å²) in [6.07, 6.45) is -3.70. The Kier molecular flexibility index (Phi) is 3.19. The van der Waals surface area contributed by atoms with E-state index in [1.54, 1.807) is 6.92 Å². The third kappa shape index (κ3) is 3.06. The molecule has 0 saturated carbocycles. The van der Waals surface area contributed by atoms with E-state index in [2.05, 4.69) is 25.0 Å². The maximum Gasteiger partial charge on any atom is 0.433 e. The van der Waals surface area contributed by atoms with Crippen molar-refractivity contribution in [3.05, 3.63) is 35.5 Å². The topological polar surface area (TPSA) is 80.9 Å². The van der Waals surface area contributed by atoms with Crippen molar-refractivity contribution >= 4 is 11.9 Å². The van der Waals surface area contributed by atoms with Crippen LogP contribution in [0.5, 0.6) is 0 Å². The van der Waals surface area contributed by atoms with Crippen LogP contribution in [0, 0.1) is 6.92 Å². The van der Waals surface area contributed by atoms with E-state index in [4.69, 9.17) is 0 Å². The van der Waals surface area contributed by atoms with Crippen LogP contribution in [0.2, 0.25) is 0 Å². The number of alkyl halides is 3. The Labute approximate surface area is 104 Å². The third-order valence-electron chi connectivity index (χ3n) is 2.03. The van der Waals surface area contributed by atoms with Gasteiger partial charge in [0.1, 0.15) is 11.5 Å². The quantitative estimate of drug-likeness (QED) is 0.904. The minimum absolute atomic E-state index is 0.0708. The molecule has 0 atom stereocenters. The molecule has 100 valence electrons. The minimum atomic E-state index is -4.60. The molecule has 1 N–H and O–H groups in total. The van der Waals surface area contributed by atoms with Crippen molar-refractivity contribution in [1.29, 1.82) is 0 Å². The first kappa shape index (κ1) is 13.0. The number of hydrogen-bond acceptors (Lipinski definition) is 5. The van der Waals surface area contributed by atoms with Crippen molar-refractivity contribution in [2.24, 2.45) is 0 Å². The molecule has 0 saturated heterocycles. The number of hydrogen-bond donors (Lipinski definition) is 1. The third-order valence-corrected chi connectivity index (χ3v) is 2.03. The van der Waals surface area contributed by atoms with Crippen LogP contribution in [-0.4, -0.2) is 21.0 Å². The van der Waals surface area contributed by atoms with E-state index in [1.807, 2.05) is 0 Å². The second-order valence-electron chi connectivity index (χ2n) is 3.54. The fourth-order valence-electron chi connectivity index (χ4n) is 1.22. The fourth-order valence-corrected chi connectivity index (χ4v) is 1.22. The van der Waals surface area contributed by atoms with Gasteiger partial charge in [-0.15, -0.1) is 0 Å². The van der Waals surface area contributed by atoms with Gasteiger partial charge in [-0.25, -0.2) is 9.97 Å². The molecule has 2 aromatic heterocycles. The molecule has 0 bridgehead atoms. The lowest BCUT2D eigenvalue weighted by molar-refractivity contribution is -0.141. The van der Waals surface area contributed by atoms with Gasteiger partial charge in [-0.2, -0.15) is 13.2 Å². The summed E-state index contributed by atoms with van der Waals surface area (Å²) in [5.41, 5.74) is -1.22. The lowest BCUT2D eigenvalue weighted by Gasteiger charge is -2.06. The van der Waals surface area contributed by atoms with Gasteiger partial charge in [-0.05, 0) is 13.0 Å². The number of rotatable bonds is 2. The fraction of sp³-hybridized carbons (Fsp3) is 0.200. The van der Waals surface area contributed by atoms with Crippen molar-refractivity contribution in [2.75, 3.05) is 5.32 Å². The minimum Gasteiger partial charge on any atom is -0.361 e. The molecule has 6 nitrogen and oxygen atoms in total. The van der Waals surface area contributed by atoms with Gasteiger partial charge >= 0.3 is 6.18 Å². The average Bonchev–Trinajstić information content (AvgIpc) is 2.75. The molecule has 0 aliphatic carbocycles. The Balaban J connectivity index is 2.18. The van der Waals surface area contributed by atoms with Gasteiger partial charge in [-0.3, -0.25) is 10.1 Å². The van der Waals surface area contributed by atoms with Crippen molar-refractivity contribution in [3.63, 3.8) is 0 Å². The van der Waals surface area contributed by atoms with Crippen molar-refractivity contribution in [1.82, 2.24) is 15.1 Å². The molecule has 0 spiro atoms. The first-order chi connectivity index (χ1) is 8.86. The van der Waals surface area contributed by atoms with Gasteiger partial charge < -0.3 is 4.52 Å². The number of aromatic nitrogens is 3. The van der Waals surface area contributed by atoms with Gasteiger partial charge in [0, 0.05) is 12.3 Å². The largest absolute Gasteiger partial charge is 0.433 e. The molecule has 0 aromatic carbocycles. The van der Waals surface area contributed by atoms with Crippen LogP contribution in [0.3, 0.4) is 0 Å². The summed E-state index contributed by atoms with van der Waals surface area (Å²) in [7, 11) is 0. The zero-order chi connectivity index (χ0) is 14.0. The second-order valence-corrected chi connectivity index (χ2v) is 3.54. The monoisotopic (exact) mass is 272 g/mol. The molecule has 2 rings (SSSR count). The summed E-state index contributed by atoms with van der Waals surface area (Å²) in [5.74, 6) is -0.813. The van der Waals surface area contributed by atoms with Crippen LogP contribution >= 0.6 is 0 Å². The molecular formula is C10H7F3N4O2. The highest BCUT2D eigenvalue weighted by molar-refractivity contribution is 6.01. The predicted molar refractivity (Wildman–Crippen MR) is 56.2 cm³/mol. The van der Waals surface area contributed by atoms with Crippen LogP contribution < -0.4 is 5.32 Å². The lowest BCUT2D eigenvalue weighted by Crippen LogP contribution is -2.17. The van der Waals surface area contributed by atoms with Gasteiger partial charge in [0.25, 0.3) is 5.91 Å². The first-order valence-electron chi connectivity index (χ1n) is 5.01. The Bertz CT molecular complexity index is 609. The Morgan fingerprint density at radius 3 is 2.74 bits per heavy atom. The molecule has 2 heterocycles. The maximum atomic E-state index is 12.4. The molecule has 0 unspecified atom stereocenters. The van der Waals surface area contributed by atoms with E-state index in [9.17, 15) is 18.0 Å². The number of nitrogens with one attached hydrogen (secondary N) is 1. The van der Waals surface area contributed by atoms with Crippen LogP contribution in [-0.2, 0) is 6.18 Å². The number of amides is 1. The molecule has 0 aliphatic heterocycles. The van der Waals surface area contributed by atoms with Gasteiger partial charge in [0.2, 0.25) is 5.95 Å². The zero-order valence-electron chi connectivity index (χ0n) is 9.52. The molecule has 19 heavy (non-hydrogen) atoms. The zero-order valence-corrected chi connectivity index (χ0v) is 9.52. The summed E-state index contributed by atoms with van der Waals surface area (Å²) >= 11 is 0. The van der Waals surface area contributed by atoms with E-state index in [0.29, 0.717) is 11.8 Å². The van der Waals surface area contributed by atoms with E-state index in [-0.39, 0.29) is 5.69 Å². The predicted octanol–water partition coefficient (Wildman–Crippen LogP) is 2.04. The number of carbonyl (C=O) groups is 1. The standard InChI is InChI=1S/C10H7F3N4O2/c1-5-4-6(17-19-5)8(18)16-9-14-3-2-7(15-9)10(11,12)13/h2-4H,1H3,(H,14,15,16,18). The Morgan fingerprint density at radius 1 is 1.42 bits per heavy atom. The van der Waals surface area contributed by atoms with Crippen LogP contribution in [0.4, 0.5) is 19.1 Å². The van der Waals surface area contributed by atoms with Crippen molar-refractivity contribution < 1.29 is 22.5 Å². The smallest absolute Gasteiger partial charge is 0.361 e. The maximum absolute atomic E-state index is 12.4. The lowest BCUT2D eigenvalue weighted by atomic mass is 10.3. The summed E-state index contributed by atoms with van der Waals surface area (Å²) in [6, 6.07) is 2.04. The molecule has 0 fully saturated rings. The molecule has 0 aliphatic rings. The second kappa shape index (κ2) is 4.67. The summed E-state index contributed by atoms with van der Waals surface area (Å²) in [6.45, 7) is 1.57. The number of aryl methyl sites for hydroxylation is 1. The van der Waals surface area contributed by atoms with Crippen LogP contribution in [0.15, 0.2) is 22.9 Å². The molecule has 9 heteroatoms. The molecule has 1 amide bonds. The van der Waals surface area contributed by atoms with Gasteiger partial charge in [0.15, 0.2) is 5.69 Å². The number of halogens is 3. The Morgan fingerprint density at radius 2 is 2.16 bits per heavy atom. The van der Waals surface area contributed by atoms with Crippen LogP contribution in [0.25, 0.3) is 0 Å². The number of carbonyl (C=O) groups excluding carboxylic acids is 1.